The van der Waals surface area contributed by atoms with Crippen LogP contribution in [0.4, 0.5) is 4.79 Å². The number of nitrogens with one attached hydrogen (secondary N) is 4. The van der Waals surface area contributed by atoms with Crippen LogP contribution in [0.3, 0.4) is 0 Å². The van der Waals surface area contributed by atoms with Crippen molar-refractivity contribution in [2.75, 3.05) is 33.8 Å². The lowest BCUT2D eigenvalue weighted by Gasteiger charge is -2.42. The summed E-state index contributed by atoms with van der Waals surface area (Å²) in [6, 6.07) is 4.56. The van der Waals surface area contributed by atoms with Gasteiger partial charge in [-0.25, -0.2) is 4.79 Å². The molecular formula is C39H60N6O8. The van der Waals surface area contributed by atoms with Gasteiger partial charge in [-0.15, -0.1) is 0 Å². The molecule has 0 radical (unpaired) electrons. The van der Waals surface area contributed by atoms with Gasteiger partial charge in [0.1, 0.15) is 18.1 Å². The van der Waals surface area contributed by atoms with Gasteiger partial charge in [-0.2, -0.15) is 0 Å². The predicted octanol–water partition coefficient (Wildman–Crippen LogP) is 3.25. The van der Waals surface area contributed by atoms with Crippen molar-refractivity contribution in [2.45, 2.75) is 117 Å². The monoisotopic (exact) mass is 740 g/mol. The van der Waals surface area contributed by atoms with Crippen LogP contribution in [0.15, 0.2) is 30.3 Å². The Kier molecular flexibility index (Phi) is 15.4. The van der Waals surface area contributed by atoms with E-state index in [9.17, 15) is 33.6 Å². The van der Waals surface area contributed by atoms with Crippen LogP contribution in [0.5, 0.6) is 0 Å². The van der Waals surface area contributed by atoms with E-state index in [4.69, 9.17) is 4.74 Å². The zero-order valence-electron chi connectivity index (χ0n) is 32.7. The van der Waals surface area contributed by atoms with Crippen molar-refractivity contribution in [1.29, 1.82) is 0 Å². The lowest BCUT2D eigenvalue weighted by Crippen LogP contribution is -2.60. The van der Waals surface area contributed by atoms with Crippen LogP contribution >= 0.6 is 0 Å². The minimum absolute atomic E-state index is 0.108. The highest BCUT2D eigenvalue weighted by Crippen LogP contribution is 2.42. The highest BCUT2D eigenvalue weighted by atomic mass is 16.5. The zero-order chi connectivity index (χ0) is 39.5. The summed E-state index contributed by atoms with van der Waals surface area (Å²) < 4.78 is 5.40. The number of ether oxygens (including phenoxy) is 1. The summed E-state index contributed by atoms with van der Waals surface area (Å²) in [5.74, 6) is -3.92. The van der Waals surface area contributed by atoms with Gasteiger partial charge in [0, 0.05) is 20.6 Å². The fourth-order valence-electron chi connectivity index (χ4n) is 7.12. The Hall–Kier alpha value is -4.49. The van der Waals surface area contributed by atoms with E-state index >= 15 is 0 Å². The molecule has 1 aromatic carbocycles. The number of benzene rings is 1. The van der Waals surface area contributed by atoms with E-state index in [1.807, 2.05) is 34.6 Å². The van der Waals surface area contributed by atoms with Gasteiger partial charge < -0.3 is 35.8 Å². The normalized spacial score (nSPS) is 19.3. The number of alkyl carbamates (subject to hydrolysis) is 1. The predicted molar refractivity (Wildman–Crippen MR) is 199 cm³/mol. The quantitative estimate of drug-likeness (QED) is 0.186. The molecule has 0 spiro atoms. The van der Waals surface area contributed by atoms with Crippen LogP contribution in [-0.4, -0.2) is 103 Å². The SMILES string of the molecule is CCC[C@H](NC(=O)[C@@H]1CC(C)(C)CN1C(=O)[C@@H](NC(=O)OCC(C)C)C1(C)CCCCC1)C(=O)C(=O)NCC(=O)NC(C(=O)N(C)C)c1ccccc1. The summed E-state index contributed by atoms with van der Waals surface area (Å²) in [5.41, 5.74) is -0.448. The molecule has 4 atom stereocenters. The Bertz CT molecular complexity index is 1470. The summed E-state index contributed by atoms with van der Waals surface area (Å²) >= 11 is 0. The van der Waals surface area contributed by atoms with Crippen LogP contribution in [0.2, 0.25) is 0 Å². The van der Waals surface area contributed by atoms with Crippen molar-refractivity contribution in [3.8, 4) is 0 Å². The maximum atomic E-state index is 14.5. The van der Waals surface area contributed by atoms with E-state index in [-0.39, 0.29) is 37.3 Å². The molecule has 14 nitrogen and oxygen atoms in total. The number of carbonyl (C=O) groups is 7. The molecule has 294 valence electrons. The number of hydrogen-bond acceptors (Lipinski definition) is 8. The number of hydrogen-bond donors (Lipinski definition) is 4. The van der Waals surface area contributed by atoms with Crippen molar-refractivity contribution >= 4 is 41.4 Å². The molecule has 2 fully saturated rings. The molecule has 1 aliphatic heterocycles. The molecule has 14 heteroatoms. The van der Waals surface area contributed by atoms with Gasteiger partial charge >= 0.3 is 6.09 Å². The third kappa shape index (κ3) is 12.0. The molecule has 0 aromatic heterocycles. The summed E-state index contributed by atoms with van der Waals surface area (Å²) in [5, 5.41) is 10.5. The third-order valence-corrected chi connectivity index (χ3v) is 10.0. The van der Waals surface area contributed by atoms with E-state index in [1.54, 1.807) is 51.4 Å². The van der Waals surface area contributed by atoms with E-state index < -0.39 is 71.1 Å². The molecule has 53 heavy (non-hydrogen) atoms. The first-order valence-corrected chi connectivity index (χ1v) is 18.8. The molecule has 2 aliphatic rings. The van der Waals surface area contributed by atoms with Crippen molar-refractivity contribution in [3.63, 3.8) is 0 Å². The average Bonchev–Trinajstić information content (AvgIpc) is 3.45. The van der Waals surface area contributed by atoms with Gasteiger partial charge in [0.2, 0.25) is 29.4 Å². The minimum Gasteiger partial charge on any atom is -0.449 e. The minimum atomic E-state index is -1.21. The van der Waals surface area contributed by atoms with Gasteiger partial charge in [0.25, 0.3) is 5.91 Å². The largest absolute Gasteiger partial charge is 0.449 e. The number of rotatable bonds is 16. The Labute approximate surface area is 313 Å². The van der Waals surface area contributed by atoms with Gasteiger partial charge in [-0.1, -0.05) is 97.6 Å². The highest BCUT2D eigenvalue weighted by molar-refractivity contribution is 6.38. The highest BCUT2D eigenvalue weighted by Gasteiger charge is 2.50. The van der Waals surface area contributed by atoms with Crippen LogP contribution < -0.4 is 21.3 Å². The first kappa shape index (κ1) is 42.9. The number of likely N-dealkylation sites (N-methyl/N-ethyl adjacent to an activating group) is 1. The van der Waals surface area contributed by atoms with Crippen molar-refractivity contribution in [1.82, 2.24) is 31.1 Å². The summed E-state index contributed by atoms with van der Waals surface area (Å²) in [7, 11) is 3.12. The fraction of sp³-hybridized carbons (Fsp3) is 0.667. The Morgan fingerprint density at radius 2 is 1.57 bits per heavy atom. The Morgan fingerprint density at radius 1 is 0.925 bits per heavy atom. The molecule has 1 aliphatic carbocycles. The number of amides is 6. The number of ketones is 1. The van der Waals surface area contributed by atoms with Gasteiger partial charge in [-0.3, -0.25) is 28.8 Å². The van der Waals surface area contributed by atoms with Crippen molar-refractivity contribution < 1.29 is 38.3 Å². The summed E-state index contributed by atoms with van der Waals surface area (Å²) in [6.07, 6.45) is 4.52. The van der Waals surface area contributed by atoms with Crippen molar-refractivity contribution in [2.24, 2.45) is 16.7 Å². The molecule has 1 saturated carbocycles. The maximum absolute atomic E-state index is 14.5. The Balaban J connectivity index is 1.74. The molecule has 6 amide bonds. The molecule has 0 bridgehead atoms. The smallest absolute Gasteiger partial charge is 0.407 e. The first-order valence-electron chi connectivity index (χ1n) is 18.8. The van der Waals surface area contributed by atoms with E-state index in [0.29, 0.717) is 18.4 Å². The Morgan fingerprint density at radius 3 is 2.15 bits per heavy atom. The second-order valence-electron chi connectivity index (χ2n) is 16.2. The molecule has 4 N–H and O–H groups in total. The van der Waals surface area contributed by atoms with Crippen LogP contribution in [-0.2, 0) is 33.5 Å². The third-order valence-electron chi connectivity index (χ3n) is 10.0. The first-order chi connectivity index (χ1) is 24.9. The molecule has 1 saturated heterocycles. The fourth-order valence-corrected chi connectivity index (χ4v) is 7.12. The maximum Gasteiger partial charge on any atom is 0.407 e. The lowest BCUT2D eigenvalue weighted by atomic mass is 9.70. The van der Waals surface area contributed by atoms with Gasteiger partial charge in [0.15, 0.2) is 0 Å². The molecule has 1 aromatic rings. The average molecular weight is 741 g/mol. The van der Waals surface area contributed by atoms with E-state index in [0.717, 1.165) is 32.1 Å². The number of carbonyl (C=O) groups excluding carboxylic acids is 7. The molecule has 3 rings (SSSR count). The second kappa shape index (κ2) is 19.0. The van der Waals surface area contributed by atoms with E-state index in [1.165, 1.54) is 9.80 Å². The molecular weight excluding hydrogens is 680 g/mol. The zero-order valence-corrected chi connectivity index (χ0v) is 32.7. The standard InChI is InChI=1S/C39H60N6O8/c1-9-16-27(31(47)34(49)40-22-29(46)42-30(35(50)44(7)8)26-17-12-10-13-18-26)41-33(48)28-21-38(4,5)24-45(28)36(51)32(39(6)19-14-11-15-20-39)43-37(52)53-23-25(2)3/h10,12-13,17-18,25,27-28,30,32H,9,11,14-16,19-24H2,1-8H3,(H,40,49)(H,41,48)(H,42,46)(H,43,52)/t27-,28-,30?,32+/m0/s1. The number of Topliss-reactive ketones (excluding diaryl/α,β-unsaturated/α-hetero) is 1. The van der Waals surface area contributed by atoms with Crippen molar-refractivity contribution in [3.05, 3.63) is 35.9 Å². The van der Waals surface area contributed by atoms with Crippen LogP contribution in [0.1, 0.15) is 105 Å². The molecule has 1 heterocycles. The summed E-state index contributed by atoms with van der Waals surface area (Å²) in [6.45, 7) is 11.4. The van der Waals surface area contributed by atoms with Crippen LogP contribution in [0.25, 0.3) is 0 Å². The second-order valence-corrected chi connectivity index (χ2v) is 16.2. The van der Waals surface area contributed by atoms with Gasteiger partial charge in [-0.05, 0) is 48.0 Å². The number of nitrogens with zero attached hydrogens (tertiary/aromatic N) is 2. The topological polar surface area (TPSA) is 183 Å². The summed E-state index contributed by atoms with van der Waals surface area (Å²) in [4.78, 5) is 96.3. The van der Waals surface area contributed by atoms with Crippen LogP contribution in [0, 0.1) is 16.7 Å². The van der Waals surface area contributed by atoms with Gasteiger partial charge in [0.05, 0.1) is 19.2 Å². The van der Waals surface area contributed by atoms with E-state index in [2.05, 4.69) is 21.3 Å². The number of likely N-dealkylation sites (tertiary alicyclic amines) is 1. The molecule has 1 unspecified atom stereocenters. The lowest BCUT2D eigenvalue weighted by molar-refractivity contribution is -0.144.